The number of hydrogen-bond donors (Lipinski definition) is 1. The van der Waals surface area contributed by atoms with Gasteiger partial charge in [0.25, 0.3) is 6.43 Å². The molecule has 3 heterocycles. The molecule has 0 saturated heterocycles. The van der Waals surface area contributed by atoms with Crippen molar-refractivity contribution in [2.45, 2.75) is 18.4 Å². The fraction of sp³-hybridized carbons (Fsp3) is 0.120. The summed E-state index contributed by atoms with van der Waals surface area (Å²) < 4.78 is 63.1. The van der Waals surface area contributed by atoms with E-state index in [0.717, 1.165) is 0 Å². The van der Waals surface area contributed by atoms with E-state index in [0.29, 0.717) is 22.6 Å². The molecule has 0 bridgehead atoms. The number of aromatic amines is 1. The smallest absolute Gasteiger partial charge is 0.267 e. The van der Waals surface area contributed by atoms with Crippen molar-refractivity contribution in [3.63, 3.8) is 0 Å². The van der Waals surface area contributed by atoms with Crippen LogP contribution in [0.25, 0.3) is 22.6 Å². The van der Waals surface area contributed by atoms with Gasteiger partial charge in [-0.1, -0.05) is 19.1 Å². The topological polar surface area (TPSA) is 120 Å². The molecule has 5 aromatic rings. The van der Waals surface area contributed by atoms with Gasteiger partial charge in [0, 0.05) is 24.5 Å². The summed E-state index contributed by atoms with van der Waals surface area (Å²) in [6.07, 6.45) is 3.11. The first-order chi connectivity index (χ1) is 17.8. The Labute approximate surface area is 210 Å². The summed E-state index contributed by atoms with van der Waals surface area (Å²) in [5.41, 5.74) is 1.04. The summed E-state index contributed by atoms with van der Waals surface area (Å²) in [6, 6.07) is 11.8. The first kappa shape index (κ1) is 24.3. The molecule has 12 heteroatoms. The monoisotopic (exact) mass is 523 g/mol. The minimum Gasteiger partial charge on any atom is -0.456 e. The number of hydrogen-bond acceptors (Lipinski definition) is 8. The Morgan fingerprint density at radius 1 is 0.946 bits per heavy atom. The summed E-state index contributed by atoms with van der Waals surface area (Å²) in [5.74, 6) is 0.983. The Bertz CT molecular complexity index is 1660. The minimum absolute atomic E-state index is 0.0317. The van der Waals surface area contributed by atoms with Crippen LogP contribution in [0.15, 0.2) is 78.3 Å². The highest BCUT2D eigenvalue weighted by Crippen LogP contribution is 2.38. The number of imidazole rings is 1. The van der Waals surface area contributed by atoms with Gasteiger partial charge in [-0.05, 0) is 24.3 Å². The largest absolute Gasteiger partial charge is 0.456 e. The molecule has 0 radical (unpaired) electrons. The number of H-pyrrole nitrogens is 1. The second kappa shape index (κ2) is 9.90. The van der Waals surface area contributed by atoms with Gasteiger partial charge < -0.3 is 14.5 Å². The average Bonchev–Trinajstić information content (AvgIpc) is 3.34. The number of benzene rings is 2. The number of fused-ring (bicyclic) bond motifs is 1. The lowest BCUT2D eigenvalue weighted by Gasteiger charge is -2.13. The van der Waals surface area contributed by atoms with Crippen molar-refractivity contribution >= 4 is 20.9 Å². The number of alkyl halides is 2. The molecule has 1 N–H and O–H groups in total. The van der Waals surface area contributed by atoms with Crippen molar-refractivity contribution in [3.05, 3.63) is 78.9 Å². The van der Waals surface area contributed by atoms with Gasteiger partial charge in [-0.15, -0.1) is 0 Å². The molecule has 0 unspecified atom stereocenters. The van der Waals surface area contributed by atoms with Gasteiger partial charge in [-0.25, -0.2) is 32.2 Å². The quantitative estimate of drug-likeness (QED) is 0.274. The fourth-order valence-corrected chi connectivity index (χ4v) is 4.29. The maximum atomic E-state index is 13.6. The van der Waals surface area contributed by atoms with Gasteiger partial charge in [0.05, 0.1) is 29.2 Å². The van der Waals surface area contributed by atoms with Crippen LogP contribution in [-0.2, 0) is 9.84 Å². The number of pyridine rings is 1. The van der Waals surface area contributed by atoms with Crippen LogP contribution in [0.3, 0.4) is 0 Å². The van der Waals surface area contributed by atoms with E-state index in [4.69, 9.17) is 9.47 Å². The lowest BCUT2D eigenvalue weighted by Crippen LogP contribution is -2.05. The maximum Gasteiger partial charge on any atom is 0.267 e. The fourth-order valence-electron chi connectivity index (χ4n) is 3.51. The lowest BCUT2D eigenvalue weighted by atomic mass is 10.2. The molecule has 5 rings (SSSR count). The second-order valence-corrected chi connectivity index (χ2v) is 10.00. The van der Waals surface area contributed by atoms with Gasteiger partial charge in [0.2, 0.25) is 0 Å². The summed E-state index contributed by atoms with van der Waals surface area (Å²) >= 11 is 0. The van der Waals surface area contributed by atoms with Gasteiger partial charge in [0.15, 0.2) is 26.4 Å². The van der Waals surface area contributed by atoms with E-state index < -0.39 is 16.3 Å². The molecule has 9 nitrogen and oxygen atoms in total. The van der Waals surface area contributed by atoms with E-state index in [1.807, 2.05) is 0 Å². The Morgan fingerprint density at radius 2 is 1.78 bits per heavy atom. The molecule has 0 aliphatic heterocycles. The van der Waals surface area contributed by atoms with Gasteiger partial charge >= 0.3 is 0 Å². The number of halogens is 2. The molecule has 0 aliphatic rings. The summed E-state index contributed by atoms with van der Waals surface area (Å²) in [5, 5.41) is -0.0624. The first-order valence-corrected chi connectivity index (χ1v) is 12.7. The minimum atomic E-state index is -3.46. The summed E-state index contributed by atoms with van der Waals surface area (Å²) in [6.45, 7) is 1.53. The van der Waals surface area contributed by atoms with E-state index in [1.54, 1.807) is 12.1 Å². The van der Waals surface area contributed by atoms with E-state index >= 15 is 0 Å². The number of ether oxygens (including phenoxy) is 2. The van der Waals surface area contributed by atoms with Crippen molar-refractivity contribution < 1.29 is 26.7 Å². The highest BCUT2D eigenvalue weighted by Gasteiger charge is 2.19. The molecular formula is C25H19F2N5O4S. The molecule has 0 aliphatic carbocycles. The van der Waals surface area contributed by atoms with Gasteiger partial charge in [-0.2, -0.15) is 0 Å². The Hall–Kier alpha value is -4.45. The SMILES string of the molecule is CCS(=O)(=O)c1ccc(Oc2cc(Oc3ccccc3C(F)F)c3nc(-c4cnccn4)[nH]c3c2)cn1. The van der Waals surface area contributed by atoms with Crippen LogP contribution < -0.4 is 9.47 Å². The van der Waals surface area contributed by atoms with Crippen LogP contribution in [0.1, 0.15) is 18.9 Å². The highest BCUT2D eigenvalue weighted by molar-refractivity contribution is 7.91. The van der Waals surface area contributed by atoms with E-state index in [2.05, 4.69) is 24.9 Å². The average molecular weight is 524 g/mol. The summed E-state index contributed by atoms with van der Waals surface area (Å²) in [7, 11) is -3.46. The third-order valence-electron chi connectivity index (χ3n) is 5.35. The van der Waals surface area contributed by atoms with Crippen molar-refractivity contribution in [2.24, 2.45) is 0 Å². The zero-order valence-electron chi connectivity index (χ0n) is 19.3. The van der Waals surface area contributed by atoms with Crippen LogP contribution in [0.4, 0.5) is 8.78 Å². The molecule has 0 fully saturated rings. The third kappa shape index (κ3) is 5.09. The van der Waals surface area contributed by atoms with E-state index in [9.17, 15) is 17.2 Å². The van der Waals surface area contributed by atoms with E-state index in [-0.39, 0.29) is 39.3 Å². The van der Waals surface area contributed by atoms with Crippen LogP contribution in [0.2, 0.25) is 0 Å². The molecule has 0 saturated carbocycles. The standard InChI is InChI=1S/C25H19F2N5O4S/c1-2-37(33,34)22-8-7-15(13-30-22)35-16-11-18-23(32-25(31-18)19-14-28-9-10-29-19)21(12-16)36-20-6-4-3-5-17(20)24(26)27/h3-14,24H,2H2,1H3,(H,31,32). The van der Waals surface area contributed by atoms with Crippen LogP contribution in [0.5, 0.6) is 23.0 Å². The predicted octanol–water partition coefficient (Wildman–Crippen LogP) is 5.73. The molecule has 3 aromatic heterocycles. The highest BCUT2D eigenvalue weighted by atomic mass is 32.2. The molecule has 0 spiro atoms. The number of sulfone groups is 1. The third-order valence-corrected chi connectivity index (χ3v) is 6.99. The number of rotatable bonds is 8. The number of nitrogens with one attached hydrogen (secondary N) is 1. The van der Waals surface area contributed by atoms with Gasteiger partial charge in [-0.3, -0.25) is 4.98 Å². The maximum absolute atomic E-state index is 13.6. The number of para-hydroxylation sites is 1. The molecule has 37 heavy (non-hydrogen) atoms. The van der Waals surface area contributed by atoms with Gasteiger partial charge in [0.1, 0.15) is 28.5 Å². The number of nitrogens with zero attached hydrogens (tertiary/aromatic N) is 4. The van der Waals surface area contributed by atoms with Crippen LogP contribution in [-0.4, -0.2) is 39.1 Å². The second-order valence-electron chi connectivity index (χ2n) is 7.77. The first-order valence-electron chi connectivity index (χ1n) is 11.1. The van der Waals surface area contributed by atoms with Crippen molar-refractivity contribution in [3.8, 4) is 34.5 Å². The van der Waals surface area contributed by atoms with Crippen molar-refractivity contribution in [1.82, 2.24) is 24.9 Å². The zero-order valence-corrected chi connectivity index (χ0v) is 20.1. The van der Waals surface area contributed by atoms with E-state index in [1.165, 1.54) is 68.1 Å². The Balaban J connectivity index is 1.57. The van der Waals surface area contributed by atoms with Crippen LogP contribution >= 0.6 is 0 Å². The lowest BCUT2D eigenvalue weighted by molar-refractivity contribution is 0.148. The summed E-state index contributed by atoms with van der Waals surface area (Å²) in [4.78, 5) is 19.9. The molecule has 0 atom stereocenters. The number of aromatic nitrogens is 5. The molecule has 188 valence electrons. The van der Waals surface area contributed by atoms with Crippen molar-refractivity contribution in [1.29, 1.82) is 0 Å². The normalized spacial score (nSPS) is 11.7. The predicted molar refractivity (Wildman–Crippen MR) is 131 cm³/mol. The van der Waals surface area contributed by atoms with Crippen LogP contribution in [0, 0.1) is 0 Å². The van der Waals surface area contributed by atoms with Crippen molar-refractivity contribution in [2.75, 3.05) is 5.75 Å². The Morgan fingerprint density at radius 3 is 2.49 bits per heavy atom. The molecule has 2 aromatic carbocycles. The zero-order chi connectivity index (χ0) is 26.0. The Kier molecular flexibility index (Phi) is 6.49. The molecule has 0 amide bonds. The molecular weight excluding hydrogens is 504 g/mol.